The molecule has 0 spiro atoms. The fourth-order valence-corrected chi connectivity index (χ4v) is 1.77. The van der Waals surface area contributed by atoms with Gasteiger partial charge in [-0.25, -0.2) is 9.37 Å². The highest BCUT2D eigenvalue weighted by Crippen LogP contribution is 2.30. The number of hydrogen-bond donors (Lipinski definition) is 1. The maximum absolute atomic E-state index is 13.3. The lowest BCUT2D eigenvalue weighted by atomic mass is 10.1. The molecule has 0 aliphatic rings. The highest BCUT2D eigenvalue weighted by molar-refractivity contribution is 5.69. The Balaban J connectivity index is 2.76. The van der Waals surface area contributed by atoms with Crippen LogP contribution in [0.15, 0.2) is 23.0 Å². The number of hydrogen-bond acceptors (Lipinski definition) is 3. The Morgan fingerprint density at radius 3 is 2.72 bits per heavy atom. The first kappa shape index (κ1) is 12.3. The van der Waals surface area contributed by atoms with E-state index in [0.29, 0.717) is 28.4 Å². The molecule has 0 radical (unpaired) electrons. The third-order valence-corrected chi connectivity index (χ3v) is 2.69. The van der Waals surface area contributed by atoms with E-state index in [1.54, 1.807) is 13.8 Å². The normalized spacial score (nSPS) is 10.4. The van der Waals surface area contributed by atoms with Gasteiger partial charge in [0.25, 0.3) is 5.56 Å². The fraction of sp³-hybridized carbons (Fsp3) is 0.231. The molecule has 0 aliphatic heterocycles. The van der Waals surface area contributed by atoms with Crippen LogP contribution in [0.2, 0.25) is 0 Å². The van der Waals surface area contributed by atoms with E-state index in [4.69, 9.17) is 4.74 Å². The number of nitrogens with one attached hydrogen (secondary N) is 1. The highest BCUT2D eigenvalue weighted by atomic mass is 19.1. The summed E-state index contributed by atoms with van der Waals surface area (Å²) in [6, 6.07) is 4.13. The largest absolute Gasteiger partial charge is 0.496 e. The summed E-state index contributed by atoms with van der Waals surface area (Å²) in [5.41, 5.74) is 1.12. The van der Waals surface area contributed by atoms with Gasteiger partial charge in [-0.2, -0.15) is 0 Å². The van der Waals surface area contributed by atoms with Crippen molar-refractivity contribution in [3.05, 3.63) is 45.8 Å². The van der Waals surface area contributed by atoms with E-state index in [1.807, 2.05) is 0 Å². The van der Waals surface area contributed by atoms with Crippen molar-refractivity contribution in [1.29, 1.82) is 0 Å². The highest BCUT2D eigenvalue weighted by Gasteiger charge is 2.13. The summed E-state index contributed by atoms with van der Waals surface area (Å²) in [5, 5.41) is 0. The van der Waals surface area contributed by atoms with E-state index in [-0.39, 0.29) is 5.56 Å². The van der Waals surface area contributed by atoms with Gasteiger partial charge < -0.3 is 9.72 Å². The minimum Gasteiger partial charge on any atom is -0.496 e. The lowest BCUT2D eigenvalue weighted by molar-refractivity contribution is 0.415. The fourth-order valence-electron chi connectivity index (χ4n) is 1.77. The number of ether oxygens (including phenoxy) is 1. The van der Waals surface area contributed by atoms with Crippen molar-refractivity contribution in [2.45, 2.75) is 13.8 Å². The number of nitrogens with zero attached hydrogens (tertiary/aromatic N) is 1. The zero-order valence-electron chi connectivity index (χ0n) is 10.4. The first-order chi connectivity index (χ1) is 8.52. The van der Waals surface area contributed by atoms with Crippen LogP contribution in [-0.2, 0) is 0 Å². The van der Waals surface area contributed by atoms with Crippen LogP contribution in [0.4, 0.5) is 4.39 Å². The minimum atomic E-state index is -0.398. The molecule has 0 amide bonds. The van der Waals surface area contributed by atoms with Gasteiger partial charge >= 0.3 is 0 Å². The smallest absolute Gasteiger partial charge is 0.254 e. The SMILES string of the molecule is COc1ccc(F)cc1-c1nc(C)[nH]c(=O)c1C. The average Bonchev–Trinajstić information content (AvgIpc) is 2.33. The van der Waals surface area contributed by atoms with Crippen molar-refractivity contribution in [2.24, 2.45) is 0 Å². The number of methoxy groups -OCH3 is 1. The van der Waals surface area contributed by atoms with Crippen LogP contribution in [0, 0.1) is 19.7 Å². The van der Waals surface area contributed by atoms with Crippen molar-refractivity contribution >= 4 is 0 Å². The predicted octanol–water partition coefficient (Wildman–Crippen LogP) is 2.20. The maximum Gasteiger partial charge on any atom is 0.254 e. The van der Waals surface area contributed by atoms with Crippen LogP contribution >= 0.6 is 0 Å². The Morgan fingerprint density at radius 1 is 1.33 bits per heavy atom. The van der Waals surface area contributed by atoms with E-state index >= 15 is 0 Å². The second kappa shape index (κ2) is 4.60. The summed E-state index contributed by atoms with van der Waals surface area (Å²) >= 11 is 0. The predicted molar refractivity (Wildman–Crippen MR) is 66.3 cm³/mol. The van der Waals surface area contributed by atoms with Crippen molar-refractivity contribution in [1.82, 2.24) is 9.97 Å². The molecule has 0 aliphatic carbocycles. The van der Waals surface area contributed by atoms with Gasteiger partial charge in [0.2, 0.25) is 0 Å². The second-order valence-electron chi connectivity index (χ2n) is 3.97. The summed E-state index contributed by atoms with van der Waals surface area (Å²) in [6.07, 6.45) is 0. The number of halogens is 1. The van der Waals surface area contributed by atoms with Gasteiger partial charge in [0.05, 0.1) is 12.8 Å². The van der Waals surface area contributed by atoms with Crippen LogP contribution in [0.5, 0.6) is 5.75 Å². The zero-order chi connectivity index (χ0) is 13.3. The molecular formula is C13H13FN2O2. The van der Waals surface area contributed by atoms with Gasteiger partial charge in [0, 0.05) is 11.1 Å². The van der Waals surface area contributed by atoms with Crippen molar-refractivity contribution < 1.29 is 9.13 Å². The van der Waals surface area contributed by atoms with Crippen LogP contribution < -0.4 is 10.3 Å². The average molecular weight is 248 g/mol. The van der Waals surface area contributed by atoms with Crippen LogP contribution in [-0.4, -0.2) is 17.1 Å². The Morgan fingerprint density at radius 2 is 2.06 bits per heavy atom. The Bertz CT molecular complexity index is 650. The molecule has 2 aromatic rings. The molecule has 0 atom stereocenters. The molecule has 0 unspecified atom stereocenters. The number of rotatable bonds is 2. The molecule has 0 bridgehead atoms. The first-order valence-electron chi connectivity index (χ1n) is 5.44. The van der Waals surface area contributed by atoms with Crippen LogP contribution in [0.25, 0.3) is 11.3 Å². The van der Waals surface area contributed by atoms with E-state index in [9.17, 15) is 9.18 Å². The van der Waals surface area contributed by atoms with E-state index in [0.717, 1.165) is 0 Å². The van der Waals surface area contributed by atoms with Gasteiger partial charge in [0.15, 0.2) is 0 Å². The molecule has 2 rings (SSSR count). The molecule has 18 heavy (non-hydrogen) atoms. The topological polar surface area (TPSA) is 55.0 Å². The maximum atomic E-state index is 13.3. The van der Waals surface area contributed by atoms with Gasteiger partial charge in [-0.05, 0) is 32.0 Å². The molecule has 4 nitrogen and oxygen atoms in total. The standard InChI is InChI=1S/C13H13FN2O2/c1-7-12(15-8(2)16-13(7)17)10-6-9(14)4-5-11(10)18-3/h4-6H,1-3H3,(H,15,16,17). The Kier molecular flexibility index (Phi) is 3.14. The lowest BCUT2D eigenvalue weighted by Crippen LogP contribution is -2.14. The molecule has 0 saturated heterocycles. The van der Waals surface area contributed by atoms with Crippen LogP contribution in [0.3, 0.4) is 0 Å². The molecule has 1 heterocycles. The summed E-state index contributed by atoms with van der Waals surface area (Å²) in [4.78, 5) is 18.5. The quantitative estimate of drug-likeness (QED) is 0.886. The number of benzene rings is 1. The molecule has 0 fully saturated rings. The van der Waals surface area contributed by atoms with Crippen molar-refractivity contribution in [3.8, 4) is 17.0 Å². The number of aromatic nitrogens is 2. The number of aromatic amines is 1. The number of H-pyrrole nitrogens is 1. The number of aryl methyl sites for hydroxylation is 1. The van der Waals surface area contributed by atoms with Gasteiger partial charge in [-0.3, -0.25) is 4.79 Å². The van der Waals surface area contributed by atoms with Gasteiger partial charge in [0.1, 0.15) is 17.4 Å². The molecular weight excluding hydrogens is 235 g/mol. The summed E-state index contributed by atoms with van der Waals surface area (Å²) < 4.78 is 18.5. The monoisotopic (exact) mass is 248 g/mol. The van der Waals surface area contributed by atoms with Crippen molar-refractivity contribution in [2.75, 3.05) is 7.11 Å². The molecule has 5 heteroatoms. The summed E-state index contributed by atoms with van der Waals surface area (Å²) in [7, 11) is 1.49. The zero-order valence-corrected chi connectivity index (χ0v) is 10.4. The lowest BCUT2D eigenvalue weighted by Gasteiger charge is -2.10. The molecule has 1 aromatic carbocycles. The Hall–Kier alpha value is -2.17. The third kappa shape index (κ3) is 2.11. The molecule has 0 saturated carbocycles. The Labute approximate surface area is 103 Å². The van der Waals surface area contributed by atoms with Gasteiger partial charge in [-0.1, -0.05) is 0 Å². The first-order valence-corrected chi connectivity index (χ1v) is 5.44. The second-order valence-corrected chi connectivity index (χ2v) is 3.97. The molecule has 94 valence electrons. The van der Waals surface area contributed by atoms with Gasteiger partial charge in [-0.15, -0.1) is 0 Å². The van der Waals surface area contributed by atoms with E-state index in [2.05, 4.69) is 9.97 Å². The van der Waals surface area contributed by atoms with E-state index in [1.165, 1.54) is 25.3 Å². The summed E-state index contributed by atoms with van der Waals surface area (Å²) in [5.74, 6) is 0.564. The van der Waals surface area contributed by atoms with Crippen LogP contribution in [0.1, 0.15) is 11.4 Å². The molecule has 1 N–H and O–H groups in total. The van der Waals surface area contributed by atoms with E-state index < -0.39 is 5.82 Å². The summed E-state index contributed by atoms with van der Waals surface area (Å²) in [6.45, 7) is 3.32. The minimum absolute atomic E-state index is 0.233. The van der Waals surface area contributed by atoms with Crippen molar-refractivity contribution in [3.63, 3.8) is 0 Å². The third-order valence-electron chi connectivity index (χ3n) is 2.69. The molecule has 1 aromatic heterocycles.